The van der Waals surface area contributed by atoms with Gasteiger partial charge in [0.2, 0.25) is 11.8 Å². The van der Waals surface area contributed by atoms with Gasteiger partial charge in [-0.3, -0.25) is 9.69 Å². The number of halogens is 1. The second-order valence-corrected chi connectivity index (χ2v) is 7.40. The molecule has 0 radical (unpaired) electrons. The first kappa shape index (κ1) is 19.5. The smallest absolute Gasteiger partial charge is 0.226 e. The molecule has 1 aromatic heterocycles. The van der Waals surface area contributed by atoms with Crippen molar-refractivity contribution in [3.63, 3.8) is 0 Å². The van der Waals surface area contributed by atoms with E-state index in [-0.39, 0.29) is 17.8 Å². The van der Waals surface area contributed by atoms with E-state index in [0.29, 0.717) is 50.1 Å². The van der Waals surface area contributed by atoms with Crippen LogP contribution >= 0.6 is 0 Å². The molecule has 0 saturated carbocycles. The molecule has 1 aromatic carbocycles. The zero-order chi connectivity index (χ0) is 19.4. The predicted molar refractivity (Wildman–Crippen MR) is 99.1 cm³/mol. The first-order chi connectivity index (χ1) is 13.0. The fourth-order valence-corrected chi connectivity index (χ4v) is 3.44. The Morgan fingerprint density at radius 2 is 2.00 bits per heavy atom. The molecule has 146 valence electrons. The topological polar surface area (TPSA) is 62.5 Å². The van der Waals surface area contributed by atoms with Crippen LogP contribution in [-0.2, 0) is 24.3 Å². The van der Waals surface area contributed by atoms with E-state index in [0.717, 1.165) is 12.1 Å². The summed E-state index contributed by atoms with van der Waals surface area (Å²) in [5.74, 6) is 1.46. The van der Waals surface area contributed by atoms with Crippen molar-refractivity contribution in [3.8, 4) is 0 Å². The van der Waals surface area contributed by atoms with Crippen LogP contribution in [0.1, 0.15) is 44.5 Å². The molecular formula is C20H27FN4O2. The first-order valence-corrected chi connectivity index (χ1v) is 9.54. The van der Waals surface area contributed by atoms with E-state index in [1.54, 1.807) is 12.1 Å². The van der Waals surface area contributed by atoms with E-state index in [2.05, 4.69) is 28.9 Å². The maximum absolute atomic E-state index is 13.2. The Morgan fingerprint density at radius 1 is 1.26 bits per heavy atom. The molecule has 27 heavy (non-hydrogen) atoms. The number of amides is 1. The molecule has 2 heterocycles. The third kappa shape index (κ3) is 4.91. The molecule has 3 rings (SSSR count). The largest absolute Gasteiger partial charge is 0.339 e. The Bertz CT molecular complexity index is 760. The van der Waals surface area contributed by atoms with E-state index in [9.17, 15) is 9.18 Å². The van der Waals surface area contributed by atoms with Gasteiger partial charge >= 0.3 is 0 Å². The maximum Gasteiger partial charge on any atom is 0.226 e. The fourth-order valence-electron chi connectivity index (χ4n) is 3.44. The molecule has 0 unspecified atom stereocenters. The van der Waals surface area contributed by atoms with Gasteiger partial charge in [-0.1, -0.05) is 38.1 Å². The van der Waals surface area contributed by atoms with Crippen molar-refractivity contribution in [2.75, 3.05) is 13.1 Å². The summed E-state index contributed by atoms with van der Waals surface area (Å²) < 4.78 is 18.4. The number of benzene rings is 1. The van der Waals surface area contributed by atoms with Gasteiger partial charge in [-0.15, -0.1) is 0 Å². The molecule has 2 aromatic rings. The molecule has 1 amide bonds. The number of aromatic nitrogens is 2. The lowest BCUT2D eigenvalue weighted by Gasteiger charge is -2.34. The highest BCUT2D eigenvalue weighted by molar-refractivity contribution is 5.77. The molecule has 1 atom stereocenters. The Morgan fingerprint density at radius 3 is 2.63 bits per heavy atom. The summed E-state index contributed by atoms with van der Waals surface area (Å²) >= 11 is 0. The normalized spacial score (nSPS) is 18.9. The summed E-state index contributed by atoms with van der Waals surface area (Å²) in [7, 11) is 0. The van der Waals surface area contributed by atoms with Crippen molar-refractivity contribution >= 4 is 5.91 Å². The minimum Gasteiger partial charge on any atom is -0.339 e. The van der Waals surface area contributed by atoms with Crippen LogP contribution in [0.3, 0.4) is 0 Å². The first-order valence-electron chi connectivity index (χ1n) is 9.54. The second-order valence-electron chi connectivity index (χ2n) is 7.40. The van der Waals surface area contributed by atoms with E-state index in [1.165, 1.54) is 12.1 Å². The summed E-state index contributed by atoms with van der Waals surface area (Å²) in [6.07, 6.45) is 1.16. The van der Waals surface area contributed by atoms with Crippen molar-refractivity contribution in [2.45, 2.75) is 52.7 Å². The number of carbonyl (C=O) groups excluding carboxylic acids is 1. The summed E-state index contributed by atoms with van der Waals surface area (Å²) in [6, 6.07) is 6.44. The SMILES string of the molecule is CCc1nc(CN2CCC(=O)N(Cc3ccc(F)cc3)[C@H](C(C)C)C2)no1. The van der Waals surface area contributed by atoms with Gasteiger partial charge in [0.05, 0.1) is 6.54 Å². The monoisotopic (exact) mass is 374 g/mol. The van der Waals surface area contributed by atoms with Gasteiger partial charge in [-0.25, -0.2) is 4.39 Å². The molecule has 6 nitrogen and oxygen atoms in total. The highest BCUT2D eigenvalue weighted by Gasteiger charge is 2.32. The van der Waals surface area contributed by atoms with Crippen molar-refractivity contribution in [1.82, 2.24) is 19.9 Å². The van der Waals surface area contributed by atoms with E-state index in [4.69, 9.17) is 4.52 Å². The number of carbonyl (C=O) groups is 1. The maximum atomic E-state index is 13.2. The van der Waals surface area contributed by atoms with Gasteiger partial charge in [0.15, 0.2) is 5.82 Å². The highest BCUT2D eigenvalue weighted by Crippen LogP contribution is 2.22. The molecular weight excluding hydrogens is 347 g/mol. The minimum atomic E-state index is -0.265. The van der Waals surface area contributed by atoms with Crippen LogP contribution in [0.5, 0.6) is 0 Å². The number of rotatable bonds is 6. The van der Waals surface area contributed by atoms with Crippen LogP contribution in [0.2, 0.25) is 0 Å². The number of nitrogens with zero attached hydrogens (tertiary/aromatic N) is 4. The Kier molecular flexibility index (Phi) is 6.21. The average molecular weight is 374 g/mol. The van der Waals surface area contributed by atoms with Crippen LogP contribution in [0, 0.1) is 11.7 Å². The summed E-state index contributed by atoms with van der Waals surface area (Å²) in [5, 5.41) is 4.03. The third-order valence-corrected chi connectivity index (χ3v) is 5.02. The van der Waals surface area contributed by atoms with Crippen LogP contribution in [0.4, 0.5) is 4.39 Å². The fraction of sp³-hybridized carbons (Fsp3) is 0.550. The minimum absolute atomic E-state index is 0.0719. The highest BCUT2D eigenvalue weighted by atomic mass is 19.1. The molecule has 1 fully saturated rings. The van der Waals surface area contributed by atoms with Crippen LogP contribution in [0.25, 0.3) is 0 Å². The quantitative estimate of drug-likeness (QED) is 0.778. The van der Waals surface area contributed by atoms with Crippen molar-refractivity contribution in [1.29, 1.82) is 0 Å². The van der Waals surface area contributed by atoms with Gasteiger partial charge < -0.3 is 9.42 Å². The third-order valence-electron chi connectivity index (χ3n) is 5.02. The second kappa shape index (κ2) is 8.61. The number of hydrogen-bond acceptors (Lipinski definition) is 5. The number of aryl methyl sites for hydroxylation is 1. The van der Waals surface area contributed by atoms with Gasteiger partial charge in [-0.2, -0.15) is 4.98 Å². The molecule has 7 heteroatoms. The van der Waals surface area contributed by atoms with Crippen molar-refractivity contribution in [3.05, 3.63) is 47.4 Å². The summed E-state index contributed by atoms with van der Waals surface area (Å²) in [6.45, 7) is 8.72. The molecule has 0 aliphatic carbocycles. The zero-order valence-corrected chi connectivity index (χ0v) is 16.2. The lowest BCUT2D eigenvalue weighted by Crippen LogP contribution is -2.45. The van der Waals surface area contributed by atoms with Crippen molar-refractivity contribution in [2.24, 2.45) is 5.92 Å². The van der Waals surface area contributed by atoms with Gasteiger partial charge in [0, 0.05) is 38.5 Å². The predicted octanol–water partition coefficient (Wildman–Crippen LogP) is 3.03. The van der Waals surface area contributed by atoms with E-state index < -0.39 is 0 Å². The molecule has 0 spiro atoms. The lowest BCUT2D eigenvalue weighted by atomic mass is 10.0. The van der Waals surface area contributed by atoms with Crippen LogP contribution < -0.4 is 0 Å². The Labute approximate surface area is 159 Å². The molecule has 1 aliphatic rings. The molecule has 1 saturated heterocycles. The van der Waals surface area contributed by atoms with Gasteiger partial charge in [-0.05, 0) is 23.6 Å². The van der Waals surface area contributed by atoms with E-state index >= 15 is 0 Å². The number of hydrogen-bond donors (Lipinski definition) is 0. The summed E-state index contributed by atoms with van der Waals surface area (Å²) in [4.78, 5) is 21.4. The summed E-state index contributed by atoms with van der Waals surface area (Å²) in [5.41, 5.74) is 0.939. The molecule has 0 bridgehead atoms. The van der Waals surface area contributed by atoms with Crippen LogP contribution in [-0.4, -0.2) is 45.0 Å². The molecule has 0 N–H and O–H groups in total. The van der Waals surface area contributed by atoms with Crippen LogP contribution in [0.15, 0.2) is 28.8 Å². The zero-order valence-electron chi connectivity index (χ0n) is 16.2. The average Bonchev–Trinajstić information content (AvgIpc) is 3.04. The van der Waals surface area contributed by atoms with Crippen molar-refractivity contribution < 1.29 is 13.7 Å². The Hall–Kier alpha value is -2.28. The van der Waals surface area contributed by atoms with Gasteiger partial charge in [0.1, 0.15) is 5.82 Å². The van der Waals surface area contributed by atoms with E-state index in [1.807, 2.05) is 11.8 Å². The van der Waals surface area contributed by atoms with Gasteiger partial charge in [0.25, 0.3) is 0 Å². The lowest BCUT2D eigenvalue weighted by molar-refractivity contribution is -0.134. The molecule has 1 aliphatic heterocycles. The Balaban J connectivity index is 1.74. The standard InChI is InChI=1S/C20H27FN4O2/c1-4-19-22-18(23-27-19)13-24-10-9-20(26)25(17(12-24)14(2)3)11-15-5-7-16(21)8-6-15/h5-8,14,17H,4,9-13H2,1-3H3/t17-/m0/s1.